The molecule has 0 aliphatic heterocycles. The molecule has 0 saturated carbocycles. The first kappa shape index (κ1) is 13.0. The maximum atomic E-state index is 13.7. The highest BCUT2D eigenvalue weighted by atomic mass is 32.1. The zero-order chi connectivity index (χ0) is 14.1. The molecule has 20 heavy (non-hydrogen) atoms. The second-order valence-electron chi connectivity index (χ2n) is 4.26. The van der Waals surface area contributed by atoms with Gasteiger partial charge in [-0.15, -0.1) is 0 Å². The molecule has 1 aromatic carbocycles. The van der Waals surface area contributed by atoms with Crippen LogP contribution in [-0.4, -0.2) is 16.8 Å². The normalized spacial score (nSPS) is 11.3. The fourth-order valence-electron chi connectivity index (χ4n) is 2.04. The molecule has 0 spiro atoms. The Hall–Kier alpha value is -1.99. The van der Waals surface area contributed by atoms with Crippen molar-refractivity contribution in [3.05, 3.63) is 51.2 Å². The van der Waals surface area contributed by atoms with E-state index in [2.05, 4.69) is 5.16 Å². The molecule has 2 aromatic heterocycles. The predicted octanol–water partition coefficient (Wildman–Crippen LogP) is 2.38. The fraction of sp³-hybridized carbons (Fsp3) is 0.231. The third kappa shape index (κ3) is 2.14. The van der Waals surface area contributed by atoms with E-state index in [4.69, 9.17) is 9.26 Å². The molecular formula is C13H11FN2O3S. The number of hydrogen-bond acceptors (Lipinski definition) is 5. The minimum Gasteiger partial charge on any atom is -0.378 e. The standard InChI is InChI=1S/C13H11FN2O3S/c1-18-7-10-8(6-19-15-10)5-16-11-4-2-3-9(14)12(11)20-13(16)17/h2-4,6H,5,7H2,1H3. The number of ether oxygens (including phenoxy) is 1. The van der Waals surface area contributed by atoms with Gasteiger partial charge in [0.1, 0.15) is 17.8 Å². The highest BCUT2D eigenvalue weighted by Crippen LogP contribution is 2.22. The van der Waals surface area contributed by atoms with Crippen molar-refractivity contribution < 1.29 is 13.7 Å². The molecule has 5 nitrogen and oxygen atoms in total. The van der Waals surface area contributed by atoms with E-state index in [0.717, 1.165) is 16.9 Å². The van der Waals surface area contributed by atoms with Crippen molar-refractivity contribution in [1.29, 1.82) is 0 Å². The molecular weight excluding hydrogens is 283 g/mol. The Labute approximate surface area is 117 Å². The van der Waals surface area contributed by atoms with E-state index in [-0.39, 0.29) is 17.2 Å². The summed E-state index contributed by atoms with van der Waals surface area (Å²) in [7, 11) is 1.56. The van der Waals surface area contributed by atoms with Gasteiger partial charge in [-0.05, 0) is 12.1 Å². The van der Waals surface area contributed by atoms with Gasteiger partial charge >= 0.3 is 4.87 Å². The van der Waals surface area contributed by atoms with Crippen molar-refractivity contribution in [2.75, 3.05) is 7.11 Å². The molecule has 0 unspecified atom stereocenters. The smallest absolute Gasteiger partial charge is 0.308 e. The Morgan fingerprint density at radius 2 is 2.35 bits per heavy atom. The van der Waals surface area contributed by atoms with Crippen LogP contribution in [0.2, 0.25) is 0 Å². The van der Waals surface area contributed by atoms with Gasteiger partial charge in [0, 0.05) is 12.7 Å². The Balaban J connectivity index is 2.07. The largest absolute Gasteiger partial charge is 0.378 e. The van der Waals surface area contributed by atoms with Gasteiger partial charge in [-0.1, -0.05) is 22.6 Å². The summed E-state index contributed by atoms with van der Waals surface area (Å²) in [6.45, 7) is 0.585. The first-order chi connectivity index (χ1) is 9.70. The molecule has 0 aliphatic carbocycles. The Kier molecular flexibility index (Phi) is 3.37. The SMILES string of the molecule is COCc1nocc1Cn1c(=O)sc2c(F)cccc21. The summed E-state index contributed by atoms with van der Waals surface area (Å²) in [6, 6.07) is 4.65. The van der Waals surface area contributed by atoms with Crippen LogP contribution in [0.15, 0.2) is 33.8 Å². The van der Waals surface area contributed by atoms with Crippen molar-refractivity contribution in [1.82, 2.24) is 9.72 Å². The van der Waals surface area contributed by atoms with Gasteiger partial charge in [0.25, 0.3) is 0 Å². The molecule has 0 saturated heterocycles. The first-order valence-electron chi connectivity index (χ1n) is 5.89. The van der Waals surface area contributed by atoms with Crippen LogP contribution >= 0.6 is 11.3 Å². The predicted molar refractivity (Wildman–Crippen MR) is 72.4 cm³/mol. The summed E-state index contributed by atoms with van der Waals surface area (Å²) < 4.78 is 25.5. The summed E-state index contributed by atoms with van der Waals surface area (Å²) in [5, 5.41) is 3.83. The quantitative estimate of drug-likeness (QED) is 0.741. The maximum absolute atomic E-state index is 13.7. The lowest BCUT2D eigenvalue weighted by Crippen LogP contribution is -2.14. The Bertz CT molecular complexity index is 805. The average Bonchev–Trinajstić information content (AvgIpc) is 2.98. The number of methoxy groups -OCH3 is 1. The van der Waals surface area contributed by atoms with E-state index in [9.17, 15) is 9.18 Å². The maximum Gasteiger partial charge on any atom is 0.308 e. The van der Waals surface area contributed by atoms with Gasteiger partial charge in [-0.2, -0.15) is 0 Å². The zero-order valence-electron chi connectivity index (χ0n) is 10.6. The second kappa shape index (κ2) is 5.18. The van der Waals surface area contributed by atoms with Crippen LogP contribution in [0.25, 0.3) is 10.2 Å². The van der Waals surface area contributed by atoms with Crippen LogP contribution in [0, 0.1) is 5.82 Å². The molecule has 104 valence electrons. The Morgan fingerprint density at radius 1 is 1.50 bits per heavy atom. The van der Waals surface area contributed by atoms with Crippen molar-refractivity contribution in [2.24, 2.45) is 0 Å². The number of fused-ring (bicyclic) bond motifs is 1. The Morgan fingerprint density at radius 3 is 3.15 bits per heavy atom. The van der Waals surface area contributed by atoms with Crippen molar-refractivity contribution >= 4 is 21.6 Å². The van der Waals surface area contributed by atoms with Crippen molar-refractivity contribution in [3.63, 3.8) is 0 Å². The van der Waals surface area contributed by atoms with E-state index >= 15 is 0 Å². The lowest BCUT2D eigenvalue weighted by Gasteiger charge is -2.03. The fourth-order valence-corrected chi connectivity index (χ4v) is 2.93. The van der Waals surface area contributed by atoms with Crippen LogP contribution in [0.5, 0.6) is 0 Å². The number of nitrogens with zero attached hydrogens (tertiary/aromatic N) is 2. The van der Waals surface area contributed by atoms with E-state index in [1.54, 1.807) is 19.2 Å². The highest BCUT2D eigenvalue weighted by Gasteiger charge is 2.14. The number of aromatic nitrogens is 2. The molecule has 0 N–H and O–H groups in total. The van der Waals surface area contributed by atoms with Crippen LogP contribution in [0.4, 0.5) is 4.39 Å². The van der Waals surface area contributed by atoms with Crippen molar-refractivity contribution in [2.45, 2.75) is 13.2 Å². The molecule has 0 atom stereocenters. The van der Waals surface area contributed by atoms with Crippen LogP contribution < -0.4 is 4.87 Å². The molecule has 0 radical (unpaired) electrons. The number of thiazole rings is 1. The molecule has 3 aromatic rings. The molecule has 0 bridgehead atoms. The third-order valence-corrected chi connectivity index (χ3v) is 3.99. The minimum absolute atomic E-state index is 0.213. The van der Waals surface area contributed by atoms with Gasteiger partial charge in [0.15, 0.2) is 0 Å². The van der Waals surface area contributed by atoms with E-state index in [1.165, 1.54) is 16.9 Å². The molecule has 3 rings (SSSR count). The summed E-state index contributed by atoms with van der Waals surface area (Å²) in [6.07, 6.45) is 1.48. The zero-order valence-corrected chi connectivity index (χ0v) is 11.4. The summed E-state index contributed by atoms with van der Waals surface area (Å²) in [5.41, 5.74) is 1.96. The molecule has 0 amide bonds. The van der Waals surface area contributed by atoms with Crippen LogP contribution in [0.1, 0.15) is 11.3 Å². The topological polar surface area (TPSA) is 57.3 Å². The number of halogens is 1. The van der Waals surface area contributed by atoms with Gasteiger partial charge in [-0.3, -0.25) is 9.36 Å². The van der Waals surface area contributed by atoms with Gasteiger partial charge in [-0.25, -0.2) is 4.39 Å². The molecule has 7 heteroatoms. The molecule has 2 heterocycles. The highest BCUT2D eigenvalue weighted by molar-refractivity contribution is 7.16. The number of benzene rings is 1. The summed E-state index contributed by atoms with van der Waals surface area (Å²) >= 11 is 0.897. The van der Waals surface area contributed by atoms with E-state index in [0.29, 0.717) is 22.5 Å². The van der Waals surface area contributed by atoms with E-state index < -0.39 is 0 Å². The summed E-state index contributed by atoms with van der Waals surface area (Å²) in [5.74, 6) is -0.384. The monoisotopic (exact) mass is 294 g/mol. The van der Waals surface area contributed by atoms with Gasteiger partial charge in [0.2, 0.25) is 0 Å². The third-order valence-electron chi connectivity index (χ3n) is 2.98. The van der Waals surface area contributed by atoms with Gasteiger partial charge in [0.05, 0.1) is 23.4 Å². The molecule has 0 fully saturated rings. The number of rotatable bonds is 4. The van der Waals surface area contributed by atoms with E-state index in [1.807, 2.05) is 0 Å². The lowest BCUT2D eigenvalue weighted by molar-refractivity contribution is 0.176. The lowest BCUT2D eigenvalue weighted by atomic mass is 10.2. The van der Waals surface area contributed by atoms with Gasteiger partial charge < -0.3 is 9.26 Å². The van der Waals surface area contributed by atoms with Crippen LogP contribution in [-0.2, 0) is 17.9 Å². The second-order valence-corrected chi connectivity index (χ2v) is 5.22. The van der Waals surface area contributed by atoms with Crippen LogP contribution in [0.3, 0.4) is 0 Å². The van der Waals surface area contributed by atoms with Crippen molar-refractivity contribution in [3.8, 4) is 0 Å². The average molecular weight is 294 g/mol. The molecule has 0 aliphatic rings. The number of hydrogen-bond donors (Lipinski definition) is 0. The summed E-state index contributed by atoms with van der Waals surface area (Å²) in [4.78, 5) is 11.8. The first-order valence-corrected chi connectivity index (χ1v) is 6.71. The minimum atomic E-state index is -0.384.